The van der Waals surface area contributed by atoms with E-state index in [-0.39, 0.29) is 23.9 Å². The topological polar surface area (TPSA) is 62.6 Å². The fraction of sp³-hybridized carbons (Fsp3) is 0.333. The van der Waals surface area contributed by atoms with E-state index in [1.165, 1.54) is 0 Å². The van der Waals surface area contributed by atoms with Gasteiger partial charge in [0, 0.05) is 16.5 Å². The summed E-state index contributed by atoms with van der Waals surface area (Å²) < 4.78 is 5.38. The monoisotopic (exact) mass is 420 g/mol. The minimum absolute atomic E-state index is 0.0472. The Labute approximate surface area is 179 Å². The minimum atomic E-state index is -0.451. The number of furan rings is 1. The molecule has 1 aliphatic carbocycles. The van der Waals surface area contributed by atoms with Crippen molar-refractivity contribution in [2.24, 2.45) is 0 Å². The van der Waals surface area contributed by atoms with Crippen molar-refractivity contribution < 1.29 is 14.0 Å². The molecule has 1 fully saturated rings. The normalized spacial score (nSPS) is 21.6. The second-order valence-corrected chi connectivity index (χ2v) is 8.95. The van der Waals surface area contributed by atoms with Gasteiger partial charge in [-0.3, -0.25) is 9.59 Å². The summed E-state index contributed by atoms with van der Waals surface area (Å²) in [6.45, 7) is 0.332. The van der Waals surface area contributed by atoms with Gasteiger partial charge in [-0.05, 0) is 48.1 Å². The van der Waals surface area contributed by atoms with Crippen molar-refractivity contribution in [1.29, 1.82) is 0 Å². The molecule has 0 saturated heterocycles. The highest BCUT2D eigenvalue weighted by molar-refractivity contribution is 7.10. The molecule has 1 saturated carbocycles. The summed E-state index contributed by atoms with van der Waals surface area (Å²) in [6, 6.07) is 15.2. The molecule has 0 bridgehead atoms. The van der Waals surface area contributed by atoms with E-state index in [9.17, 15) is 9.59 Å². The first-order valence-electron chi connectivity index (χ1n) is 10.5. The molecule has 5 rings (SSSR count). The molecular weight excluding hydrogens is 396 g/mol. The number of nitrogens with one attached hydrogen (secondary N) is 1. The molecule has 1 aliphatic heterocycles. The summed E-state index contributed by atoms with van der Waals surface area (Å²) in [4.78, 5) is 30.2. The fourth-order valence-corrected chi connectivity index (χ4v) is 5.74. The molecule has 3 heterocycles. The van der Waals surface area contributed by atoms with Crippen LogP contribution in [0, 0.1) is 0 Å². The largest absolute Gasteiger partial charge is 0.467 e. The van der Waals surface area contributed by atoms with Crippen LogP contribution < -0.4 is 5.32 Å². The molecule has 1 aromatic carbocycles. The fourth-order valence-electron chi connectivity index (χ4n) is 4.88. The first kappa shape index (κ1) is 19.1. The lowest BCUT2D eigenvalue weighted by molar-refractivity contribution is -0.124. The molecule has 1 N–H and O–H groups in total. The summed E-state index contributed by atoms with van der Waals surface area (Å²) in [7, 11) is 0. The predicted molar refractivity (Wildman–Crippen MR) is 115 cm³/mol. The van der Waals surface area contributed by atoms with Crippen molar-refractivity contribution in [1.82, 2.24) is 10.2 Å². The molecule has 30 heavy (non-hydrogen) atoms. The van der Waals surface area contributed by atoms with Crippen LogP contribution in [0.5, 0.6) is 0 Å². The molecule has 2 amide bonds. The van der Waals surface area contributed by atoms with Gasteiger partial charge in [0.15, 0.2) is 0 Å². The van der Waals surface area contributed by atoms with Gasteiger partial charge in [0.05, 0.1) is 24.8 Å². The molecule has 154 valence electrons. The van der Waals surface area contributed by atoms with E-state index in [1.807, 2.05) is 58.8 Å². The minimum Gasteiger partial charge on any atom is -0.467 e. The number of carbonyl (C=O) groups excluding carboxylic acids is 2. The van der Waals surface area contributed by atoms with Gasteiger partial charge >= 0.3 is 0 Å². The van der Waals surface area contributed by atoms with Gasteiger partial charge in [-0.2, -0.15) is 0 Å². The number of nitrogens with zero attached hydrogens (tertiary/aromatic N) is 1. The molecule has 2 aliphatic rings. The molecular formula is C24H24N2O3S. The number of thiophene rings is 1. The third kappa shape index (κ3) is 3.35. The zero-order valence-corrected chi connectivity index (χ0v) is 17.4. The number of rotatable bonds is 5. The molecule has 6 heteroatoms. The number of fused-ring (bicyclic) bond motifs is 1. The zero-order chi connectivity index (χ0) is 20.5. The number of benzene rings is 1. The van der Waals surface area contributed by atoms with Crippen molar-refractivity contribution in [2.45, 2.75) is 50.2 Å². The van der Waals surface area contributed by atoms with E-state index in [0.717, 1.165) is 36.1 Å². The average molecular weight is 421 g/mol. The van der Waals surface area contributed by atoms with Gasteiger partial charge < -0.3 is 14.6 Å². The van der Waals surface area contributed by atoms with Crippen LogP contribution in [-0.2, 0) is 11.3 Å². The molecule has 3 aromatic rings. The SMILES string of the molecule is O=C(NCc1ccco1)C1c2ccccc2C(=O)N(C2CCCC2)C1c1cccs1. The summed E-state index contributed by atoms with van der Waals surface area (Å²) >= 11 is 1.61. The highest BCUT2D eigenvalue weighted by Gasteiger charge is 2.47. The van der Waals surface area contributed by atoms with Crippen molar-refractivity contribution in [3.05, 3.63) is 81.9 Å². The summed E-state index contributed by atoms with van der Waals surface area (Å²) in [5.74, 6) is 0.232. The first-order chi connectivity index (χ1) is 14.7. The lowest BCUT2D eigenvalue weighted by atomic mass is 9.80. The Hall–Kier alpha value is -2.86. The molecule has 5 nitrogen and oxygen atoms in total. The Kier molecular flexibility index (Phi) is 5.17. The smallest absolute Gasteiger partial charge is 0.254 e. The second kappa shape index (κ2) is 8.11. The zero-order valence-electron chi connectivity index (χ0n) is 16.6. The van der Waals surface area contributed by atoms with E-state index in [0.29, 0.717) is 17.9 Å². The maximum atomic E-state index is 13.6. The Morgan fingerprint density at radius 3 is 2.67 bits per heavy atom. The van der Waals surface area contributed by atoms with Crippen LogP contribution in [0.25, 0.3) is 0 Å². The van der Waals surface area contributed by atoms with Gasteiger partial charge in [0.25, 0.3) is 5.91 Å². The van der Waals surface area contributed by atoms with E-state index >= 15 is 0 Å². The Balaban J connectivity index is 1.57. The number of hydrogen-bond acceptors (Lipinski definition) is 4. The highest BCUT2D eigenvalue weighted by Crippen LogP contribution is 2.47. The van der Waals surface area contributed by atoms with Gasteiger partial charge in [-0.25, -0.2) is 0 Å². The quantitative estimate of drug-likeness (QED) is 0.640. The standard InChI is InChI=1S/C24H24N2O3S/c27-23(25-15-17-9-5-13-29-17)21-18-10-3-4-11-19(18)24(28)26(16-7-1-2-8-16)22(21)20-12-6-14-30-20/h3-6,9-14,16,21-22H,1-2,7-8,15H2,(H,25,27). The highest BCUT2D eigenvalue weighted by atomic mass is 32.1. The maximum absolute atomic E-state index is 13.6. The molecule has 2 unspecified atom stereocenters. The second-order valence-electron chi connectivity index (χ2n) is 7.97. The average Bonchev–Trinajstić information content (AvgIpc) is 3.55. The molecule has 0 spiro atoms. The van der Waals surface area contributed by atoms with Gasteiger partial charge in [0.1, 0.15) is 5.76 Å². The van der Waals surface area contributed by atoms with Crippen LogP contribution in [0.15, 0.2) is 64.6 Å². The van der Waals surface area contributed by atoms with Crippen LogP contribution in [0.2, 0.25) is 0 Å². The lowest BCUT2D eigenvalue weighted by Gasteiger charge is -2.44. The van der Waals surface area contributed by atoms with Crippen LogP contribution in [0.3, 0.4) is 0 Å². The Bertz CT molecular complexity index is 1020. The third-order valence-electron chi connectivity index (χ3n) is 6.23. The number of carbonyl (C=O) groups is 2. The molecule has 2 aromatic heterocycles. The summed E-state index contributed by atoms with van der Waals surface area (Å²) in [5, 5.41) is 5.07. The van der Waals surface area contributed by atoms with Gasteiger partial charge in [0.2, 0.25) is 5.91 Å². The van der Waals surface area contributed by atoms with E-state index in [2.05, 4.69) is 5.32 Å². The lowest BCUT2D eigenvalue weighted by Crippen LogP contribution is -2.50. The van der Waals surface area contributed by atoms with E-state index in [4.69, 9.17) is 4.42 Å². The van der Waals surface area contributed by atoms with E-state index < -0.39 is 5.92 Å². The molecule has 2 atom stereocenters. The number of amides is 2. The maximum Gasteiger partial charge on any atom is 0.254 e. The molecule has 0 radical (unpaired) electrons. The summed E-state index contributed by atoms with van der Waals surface area (Å²) in [6.07, 6.45) is 5.85. The van der Waals surface area contributed by atoms with Crippen LogP contribution in [0.4, 0.5) is 0 Å². The van der Waals surface area contributed by atoms with E-state index in [1.54, 1.807) is 17.6 Å². The van der Waals surface area contributed by atoms with Gasteiger partial charge in [-0.15, -0.1) is 11.3 Å². The Morgan fingerprint density at radius 1 is 1.10 bits per heavy atom. The summed E-state index contributed by atoms with van der Waals surface area (Å²) in [5.41, 5.74) is 1.46. The van der Waals surface area contributed by atoms with Crippen LogP contribution in [-0.4, -0.2) is 22.8 Å². The van der Waals surface area contributed by atoms with Crippen molar-refractivity contribution >= 4 is 23.2 Å². The first-order valence-corrected chi connectivity index (χ1v) is 11.4. The van der Waals surface area contributed by atoms with Crippen LogP contribution >= 0.6 is 11.3 Å². The van der Waals surface area contributed by atoms with Crippen molar-refractivity contribution in [3.8, 4) is 0 Å². The van der Waals surface area contributed by atoms with Gasteiger partial charge in [-0.1, -0.05) is 37.1 Å². The van der Waals surface area contributed by atoms with Crippen LogP contribution in [0.1, 0.15) is 64.2 Å². The van der Waals surface area contributed by atoms with Crippen molar-refractivity contribution in [2.75, 3.05) is 0 Å². The Morgan fingerprint density at radius 2 is 1.93 bits per heavy atom. The third-order valence-corrected chi connectivity index (χ3v) is 7.17. The predicted octanol–water partition coefficient (Wildman–Crippen LogP) is 4.88. The van der Waals surface area contributed by atoms with Crippen molar-refractivity contribution in [3.63, 3.8) is 0 Å². The number of hydrogen-bond donors (Lipinski definition) is 1.